The predicted octanol–water partition coefficient (Wildman–Crippen LogP) is 5.02. The topological polar surface area (TPSA) is 63.8 Å². The summed E-state index contributed by atoms with van der Waals surface area (Å²) in [5.41, 5.74) is -0.168. The summed E-state index contributed by atoms with van der Waals surface area (Å²) in [4.78, 5) is 8.53. The number of halogens is 3. The summed E-state index contributed by atoms with van der Waals surface area (Å²) in [6.45, 7) is 1.68. The molecule has 0 aliphatic carbocycles. The molecule has 2 aromatic carbocycles. The molecule has 154 valence electrons. The molecule has 4 rings (SSSR count). The normalized spacial score (nSPS) is 14.4. The number of hydrogen-bond donors (Lipinski definition) is 1. The van der Waals surface area contributed by atoms with Crippen molar-refractivity contribution in [3.63, 3.8) is 0 Å². The number of rotatable bonds is 6. The van der Waals surface area contributed by atoms with E-state index in [1.54, 1.807) is 19.1 Å². The average Bonchev–Trinajstić information content (AvgIpc) is 3.40. The van der Waals surface area contributed by atoms with Crippen molar-refractivity contribution in [2.45, 2.75) is 25.0 Å². The van der Waals surface area contributed by atoms with Crippen molar-refractivity contribution in [2.75, 3.05) is 0 Å². The number of nitrogens with zero attached hydrogens (tertiary/aromatic N) is 4. The summed E-state index contributed by atoms with van der Waals surface area (Å²) in [6.07, 6.45) is 2.76. The van der Waals surface area contributed by atoms with E-state index in [0.717, 1.165) is 23.4 Å². The van der Waals surface area contributed by atoms with E-state index in [1.807, 2.05) is 17.5 Å². The maximum absolute atomic E-state index is 14.7. The zero-order valence-corrected chi connectivity index (χ0v) is 17.4. The van der Waals surface area contributed by atoms with Gasteiger partial charge in [0.05, 0.1) is 17.2 Å². The minimum absolute atomic E-state index is 0.0323. The fourth-order valence-electron chi connectivity index (χ4n) is 3.30. The number of aliphatic hydroxyl groups is 1. The van der Waals surface area contributed by atoms with Gasteiger partial charge >= 0.3 is 0 Å². The van der Waals surface area contributed by atoms with Crippen LogP contribution >= 0.6 is 22.9 Å². The zero-order valence-electron chi connectivity index (χ0n) is 15.8. The van der Waals surface area contributed by atoms with E-state index in [1.165, 1.54) is 34.7 Å². The van der Waals surface area contributed by atoms with Gasteiger partial charge in [-0.3, -0.25) is 0 Å². The highest BCUT2D eigenvalue weighted by molar-refractivity contribution is 7.10. The Hall–Kier alpha value is -2.68. The molecule has 2 atom stereocenters. The molecule has 2 heterocycles. The lowest BCUT2D eigenvalue weighted by Gasteiger charge is -2.33. The van der Waals surface area contributed by atoms with E-state index < -0.39 is 23.2 Å². The standard InChI is InChI=1S/C21H17ClF2N4OS/c1-13(20-27-19(9-30-20)14-2-4-15(22)5-3-14)21(29,10-28-12-25-11-26-28)17-7-6-16(23)8-18(17)24/h2-9,11-13,29H,10H2,1H3/t13-,21+/m0/s1. The van der Waals surface area contributed by atoms with Crippen molar-refractivity contribution in [3.05, 3.63) is 87.7 Å². The second-order valence-electron chi connectivity index (χ2n) is 6.94. The Morgan fingerprint density at radius 2 is 1.97 bits per heavy atom. The van der Waals surface area contributed by atoms with Crippen LogP contribution in [0.3, 0.4) is 0 Å². The molecule has 0 fully saturated rings. The molecule has 0 saturated carbocycles. The molecular weight excluding hydrogens is 430 g/mol. The fraction of sp³-hybridized carbons (Fsp3) is 0.190. The molecule has 9 heteroatoms. The smallest absolute Gasteiger partial charge is 0.137 e. The Bertz CT molecular complexity index is 1150. The van der Waals surface area contributed by atoms with Crippen LogP contribution in [-0.2, 0) is 12.1 Å². The third kappa shape index (κ3) is 3.98. The quantitative estimate of drug-likeness (QED) is 0.451. The third-order valence-corrected chi connectivity index (χ3v) is 6.30. The minimum Gasteiger partial charge on any atom is -0.382 e. The van der Waals surface area contributed by atoms with Crippen LogP contribution in [0, 0.1) is 11.6 Å². The van der Waals surface area contributed by atoms with Gasteiger partial charge in [0.1, 0.15) is 29.9 Å². The van der Waals surface area contributed by atoms with Crippen LogP contribution in [0.4, 0.5) is 8.78 Å². The molecule has 0 unspecified atom stereocenters. The van der Waals surface area contributed by atoms with E-state index in [9.17, 15) is 13.9 Å². The van der Waals surface area contributed by atoms with E-state index in [-0.39, 0.29) is 12.1 Å². The molecule has 4 aromatic rings. The van der Waals surface area contributed by atoms with Crippen LogP contribution in [-0.4, -0.2) is 24.9 Å². The van der Waals surface area contributed by atoms with Crippen molar-refractivity contribution < 1.29 is 13.9 Å². The summed E-state index contributed by atoms with van der Waals surface area (Å²) < 4.78 is 29.6. The second-order valence-corrected chi connectivity index (χ2v) is 8.27. The van der Waals surface area contributed by atoms with Crippen molar-refractivity contribution in [1.82, 2.24) is 19.7 Å². The maximum atomic E-state index is 14.7. The Morgan fingerprint density at radius 3 is 2.63 bits per heavy atom. The van der Waals surface area contributed by atoms with Crippen LogP contribution in [0.5, 0.6) is 0 Å². The Kier molecular flexibility index (Phi) is 5.64. The second kappa shape index (κ2) is 8.22. The summed E-state index contributed by atoms with van der Waals surface area (Å²) >= 11 is 7.30. The van der Waals surface area contributed by atoms with Crippen molar-refractivity contribution in [1.29, 1.82) is 0 Å². The highest BCUT2D eigenvalue weighted by Crippen LogP contribution is 2.41. The molecule has 30 heavy (non-hydrogen) atoms. The number of aromatic nitrogens is 4. The number of thiazole rings is 1. The maximum Gasteiger partial charge on any atom is 0.137 e. The van der Waals surface area contributed by atoms with E-state index in [2.05, 4.69) is 15.1 Å². The van der Waals surface area contributed by atoms with Crippen LogP contribution in [0.15, 0.2) is 60.5 Å². The van der Waals surface area contributed by atoms with Crippen LogP contribution in [0.25, 0.3) is 11.3 Å². The van der Waals surface area contributed by atoms with Crippen LogP contribution in [0.1, 0.15) is 23.4 Å². The molecule has 0 aliphatic rings. The van der Waals surface area contributed by atoms with E-state index >= 15 is 0 Å². The molecule has 0 amide bonds. The van der Waals surface area contributed by atoms with Gasteiger partial charge in [-0.15, -0.1) is 11.3 Å². The van der Waals surface area contributed by atoms with Gasteiger partial charge < -0.3 is 5.11 Å². The molecule has 0 spiro atoms. The molecule has 1 N–H and O–H groups in total. The lowest BCUT2D eigenvalue weighted by molar-refractivity contribution is -0.0112. The summed E-state index contributed by atoms with van der Waals surface area (Å²) in [5, 5.41) is 18.8. The number of benzene rings is 2. The molecule has 0 saturated heterocycles. The Balaban J connectivity index is 1.74. The summed E-state index contributed by atoms with van der Waals surface area (Å²) in [7, 11) is 0. The first-order chi connectivity index (χ1) is 14.4. The molecule has 5 nitrogen and oxygen atoms in total. The van der Waals surface area contributed by atoms with Gasteiger partial charge in [-0.05, 0) is 18.2 Å². The fourth-order valence-corrected chi connectivity index (χ4v) is 4.40. The van der Waals surface area contributed by atoms with Gasteiger partial charge in [0, 0.05) is 33.5 Å². The van der Waals surface area contributed by atoms with Gasteiger partial charge in [0.15, 0.2) is 0 Å². The third-order valence-electron chi connectivity index (χ3n) is 5.02. The van der Waals surface area contributed by atoms with E-state index in [0.29, 0.717) is 10.0 Å². The van der Waals surface area contributed by atoms with Crippen molar-refractivity contribution in [3.8, 4) is 11.3 Å². The Labute approximate surface area is 180 Å². The van der Waals surface area contributed by atoms with E-state index in [4.69, 9.17) is 11.6 Å². The molecular formula is C21H17ClF2N4OS. The monoisotopic (exact) mass is 446 g/mol. The first-order valence-electron chi connectivity index (χ1n) is 9.08. The van der Waals surface area contributed by atoms with Gasteiger partial charge in [-0.25, -0.2) is 23.4 Å². The average molecular weight is 447 g/mol. The largest absolute Gasteiger partial charge is 0.382 e. The summed E-state index contributed by atoms with van der Waals surface area (Å²) in [5.74, 6) is -2.17. The molecule has 0 bridgehead atoms. The Morgan fingerprint density at radius 1 is 1.20 bits per heavy atom. The van der Waals surface area contributed by atoms with Gasteiger partial charge in [-0.2, -0.15) is 5.10 Å². The minimum atomic E-state index is -1.74. The highest BCUT2D eigenvalue weighted by Gasteiger charge is 2.41. The molecule has 0 aliphatic heterocycles. The van der Waals surface area contributed by atoms with Gasteiger partial charge in [-0.1, -0.05) is 36.7 Å². The first-order valence-corrected chi connectivity index (χ1v) is 10.3. The number of hydrogen-bond acceptors (Lipinski definition) is 5. The lowest BCUT2D eigenvalue weighted by atomic mass is 9.82. The van der Waals surface area contributed by atoms with Gasteiger partial charge in [0.2, 0.25) is 0 Å². The van der Waals surface area contributed by atoms with Crippen molar-refractivity contribution >= 4 is 22.9 Å². The predicted molar refractivity (Wildman–Crippen MR) is 111 cm³/mol. The molecule has 2 aromatic heterocycles. The highest BCUT2D eigenvalue weighted by atomic mass is 35.5. The van der Waals surface area contributed by atoms with Crippen LogP contribution in [0.2, 0.25) is 5.02 Å². The van der Waals surface area contributed by atoms with Crippen molar-refractivity contribution in [2.24, 2.45) is 0 Å². The first kappa shape index (κ1) is 20.6. The molecule has 0 radical (unpaired) electrons. The zero-order chi connectivity index (χ0) is 21.3. The SMILES string of the molecule is C[C@@H](c1nc(-c2ccc(Cl)cc2)cs1)[C@](O)(Cn1cncn1)c1ccc(F)cc1F. The lowest BCUT2D eigenvalue weighted by Crippen LogP contribution is -2.38. The summed E-state index contributed by atoms with van der Waals surface area (Å²) in [6, 6.07) is 10.4. The van der Waals surface area contributed by atoms with Crippen LogP contribution < -0.4 is 0 Å². The van der Waals surface area contributed by atoms with Gasteiger partial charge in [0.25, 0.3) is 0 Å².